The van der Waals surface area contributed by atoms with E-state index in [0.29, 0.717) is 24.9 Å². The van der Waals surface area contributed by atoms with Crippen LogP contribution >= 0.6 is 0 Å². The number of ether oxygens (including phenoxy) is 1. The van der Waals surface area contributed by atoms with Crippen molar-refractivity contribution in [2.45, 2.75) is 40.2 Å². The largest absolute Gasteiger partial charge is 0.374 e. The van der Waals surface area contributed by atoms with Gasteiger partial charge in [0.05, 0.1) is 5.92 Å². The third-order valence-electron chi connectivity index (χ3n) is 2.29. The number of ketones is 1. The summed E-state index contributed by atoms with van der Waals surface area (Å²) in [6, 6.07) is 0. The first-order valence-electron chi connectivity index (χ1n) is 5.47. The van der Waals surface area contributed by atoms with Gasteiger partial charge in [-0.15, -0.1) is 0 Å². The average Bonchev–Trinajstić information content (AvgIpc) is 2.62. The van der Waals surface area contributed by atoms with E-state index in [-0.39, 0.29) is 17.6 Å². The van der Waals surface area contributed by atoms with E-state index in [1.54, 1.807) is 0 Å². The Hall–Kier alpha value is -1.23. The van der Waals surface area contributed by atoms with Gasteiger partial charge in [-0.05, 0) is 19.8 Å². The van der Waals surface area contributed by atoms with Gasteiger partial charge in [0, 0.05) is 6.61 Å². The topological polar surface area (TPSA) is 65.2 Å². The minimum Gasteiger partial charge on any atom is -0.374 e. The minimum absolute atomic E-state index is 0.0432. The Balaban J connectivity index is 2.78. The summed E-state index contributed by atoms with van der Waals surface area (Å²) in [5.41, 5.74) is 0. The number of rotatable bonds is 6. The standard InChI is InChI=1S/C11H18N2O3/c1-5-15-6-9-12-11(16-13-9)10(7(2)3)8(4)14/h7,10H,5-6H2,1-4H3. The van der Waals surface area contributed by atoms with Gasteiger partial charge in [0.2, 0.25) is 5.89 Å². The monoisotopic (exact) mass is 226 g/mol. The van der Waals surface area contributed by atoms with Crippen LogP contribution in [0.2, 0.25) is 0 Å². The zero-order valence-corrected chi connectivity index (χ0v) is 10.2. The Labute approximate surface area is 95.2 Å². The number of carbonyl (C=O) groups excluding carboxylic acids is 1. The quantitative estimate of drug-likeness (QED) is 0.741. The van der Waals surface area contributed by atoms with Crippen molar-refractivity contribution < 1.29 is 14.1 Å². The molecule has 90 valence electrons. The Morgan fingerprint density at radius 3 is 2.69 bits per heavy atom. The third-order valence-corrected chi connectivity index (χ3v) is 2.29. The van der Waals surface area contributed by atoms with Gasteiger partial charge in [-0.3, -0.25) is 4.79 Å². The molecular formula is C11H18N2O3. The highest BCUT2D eigenvalue weighted by molar-refractivity contribution is 5.82. The second-order valence-corrected chi connectivity index (χ2v) is 4.02. The molecule has 1 unspecified atom stereocenters. The molecular weight excluding hydrogens is 208 g/mol. The van der Waals surface area contributed by atoms with Gasteiger partial charge in [0.1, 0.15) is 12.4 Å². The molecule has 5 heteroatoms. The molecule has 1 atom stereocenters. The summed E-state index contributed by atoms with van der Waals surface area (Å²) in [5.74, 6) is 0.753. The molecule has 1 heterocycles. The molecule has 5 nitrogen and oxygen atoms in total. The first kappa shape index (κ1) is 12.8. The van der Waals surface area contributed by atoms with Crippen LogP contribution in [0.1, 0.15) is 45.3 Å². The van der Waals surface area contributed by atoms with Crippen molar-refractivity contribution >= 4 is 5.78 Å². The van der Waals surface area contributed by atoms with Crippen molar-refractivity contribution in [3.05, 3.63) is 11.7 Å². The van der Waals surface area contributed by atoms with Gasteiger partial charge in [0.15, 0.2) is 5.82 Å². The molecule has 0 spiro atoms. The van der Waals surface area contributed by atoms with Crippen LogP contribution in [0.4, 0.5) is 0 Å². The number of hydrogen-bond donors (Lipinski definition) is 0. The molecule has 16 heavy (non-hydrogen) atoms. The van der Waals surface area contributed by atoms with Crippen LogP contribution in [-0.4, -0.2) is 22.5 Å². The maximum absolute atomic E-state index is 11.5. The number of aromatic nitrogens is 2. The Kier molecular flexibility index (Phi) is 4.61. The van der Waals surface area contributed by atoms with Crippen molar-refractivity contribution in [2.24, 2.45) is 5.92 Å². The number of Topliss-reactive ketones (excluding diaryl/α,β-unsaturated/α-hetero) is 1. The highest BCUT2D eigenvalue weighted by Crippen LogP contribution is 2.23. The van der Waals surface area contributed by atoms with Crippen molar-refractivity contribution in [1.82, 2.24) is 10.1 Å². The lowest BCUT2D eigenvalue weighted by atomic mass is 9.92. The molecule has 0 aliphatic heterocycles. The third kappa shape index (κ3) is 3.13. The van der Waals surface area contributed by atoms with E-state index in [1.807, 2.05) is 20.8 Å². The smallest absolute Gasteiger partial charge is 0.237 e. The fourth-order valence-electron chi connectivity index (χ4n) is 1.57. The fourth-order valence-corrected chi connectivity index (χ4v) is 1.57. The van der Waals surface area contributed by atoms with Gasteiger partial charge in [-0.25, -0.2) is 0 Å². The van der Waals surface area contributed by atoms with Crippen molar-refractivity contribution in [2.75, 3.05) is 6.61 Å². The predicted octanol–water partition coefficient (Wildman–Crippen LogP) is 1.93. The van der Waals surface area contributed by atoms with Crippen LogP contribution in [0, 0.1) is 5.92 Å². The first-order valence-corrected chi connectivity index (χ1v) is 5.47. The highest BCUT2D eigenvalue weighted by atomic mass is 16.5. The molecule has 0 saturated carbocycles. The maximum Gasteiger partial charge on any atom is 0.237 e. The Morgan fingerprint density at radius 2 is 2.19 bits per heavy atom. The second kappa shape index (κ2) is 5.75. The maximum atomic E-state index is 11.5. The van der Waals surface area contributed by atoms with Crippen molar-refractivity contribution in [3.63, 3.8) is 0 Å². The molecule has 0 amide bonds. The molecule has 0 bridgehead atoms. The zero-order valence-electron chi connectivity index (χ0n) is 10.2. The molecule has 0 aliphatic carbocycles. The van der Waals surface area contributed by atoms with Gasteiger partial charge >= 0.3 is 0 Å². The van der Waals surface area contributed by atoms with Gasteiger partial charge in [-0.1, -0.05) is 19.0 Å². The molecule has 0 fully saturated rings. The van der Waals surface area contributed by atoms with Crippen molar-refractivity contribution in [1.29, 1.82) is 0 Å². The van der Waals surface area contributed by atoms with E-state index in [9.17, 15) is 4.79 Å². The van der Waals surface area contributed by atoms with Crippen LogP contribution in [0.3, 0.4) is 0 Å². The SMILES string of the molecule is CCOCc1noc(C(C(C)=O)C(C)C)n1. The summed E-state index contributed by atoms with van der Waals surface area (Å²) in [7, 11) is 0. The number of carbonyl (C=O) groups is 1. The van der Waals surface area contributed by atoms with Gasteiger partial charge in [-0.2, -0.15) is 4.98 Å². The molecule has 1 aromatic heterocycles. The van der Waals surface area contributed by atoms with Crippen molar-refractivity contribution in [3.8, 4) is 0 Å². The molecule has 0 aromatic carbocycles. The van der Waals surface area contributed by atoms with E-state index in [2.05, 4.69) is 10.1 Å². The lowest BCUT2D eigenvalue weighted by molar-refractivity contribution is -0.119. The lowest BCUT2D eigenvalue weighted by Crippen LogP contribution is -2.15. The molecule has 1 aromatic rings. The molecule has 1 rings (SSSR count). The fraction of sp³-hybridized carbons (Fsp3) is 0.727. The molecule has 0 aliphatic rings. The van der Waals surface area contributed by atoms with Crippen LogP contribution in [-0.2, 0) is 16.1 Å². The number of nitrogens with zero attached hydrogens (tertiary/aromatic N) is 2. The van der Waals surface area contributed by atoms with Gasteiger partial charge < -0.3 is 9.26 Å². The summed E-state index contributed by atoms with van der Waals surface area (Å²) < 4.78 is 10.2. The van der Waals surface area contributed by atoms with E-state index in [4.69, 9.17) is 9.26 Å². The second-order valence-electron chi connectivity index (χ2n) is 4.02. The van der Waals surface area contributed by atoms with Crippen LogP contribution in [0.5, 0.6) is 0 Å². The summed E-state index contributed by atoms with van der Waals surface area (Å²) >= 11 is 0. The van der Waals surface area contributed by atoms with Crippen LogP contribution in [0.15, 0.2) is 4.52 Å². The summed E-state index contributed by atoms with van der Waals surface area (Å²) in [4.78, 5) is 15.6. The number of hydrogen-bond acceptors (Lipinski definition) is 5. The molecule has 0 saturated heterocycles. The Morgan fingerprint density at radius 1 is 1.50 bits per heavy atom. The van der Waals surface area contributed by atoms with E-state index in [0.717, 1.165) is 0 Å². The highest BCUT2D eigenvalue weighted by Gasteiger charge is 2.26. The van der Waals surface area contributed by atoms with Crippen LogP contribution in [0.25, 0.3) is 0 Å². The lowest BCUT2D eigenvalue weighted by Gasteiger charge is -2.12. The van der Waals surface area contributed by atoms with E-state index >= 15 is 0 Å². The Bertz CT molecular complexity index is 347. The molecule has 0 radical (unpaired) electrons. The van der Waals surface area contributed by atoms with Gasteiger partial charge in [0.25, 0.3) is 0 Å². The minimum atomic E-state index is -0.317. The average molecular weight is 226 g/mol. The molecule has 0 N–H and O–H groups in total. The predicted molar refractivity (Wildman–Crippen MR) is 57.9 cm³/mol. The van der Waals surface area contributed by atoms with E-state index in [1.165, 1.54) is 6.92 Å². The summed E-state index contributed by atoms with van der Waals surface area (Å²) in [5, 5.41) is 3.78. The summed E-state index contributed by atoms with van der Waals surface area (Å²) in [6.45, 7) is 8.27. The first-order chi connectivity index (χ1) is 7.56. The van der Waals surface area contributed by atoms with Crippen LogP contribution < -0.4 is 0 Å². The van der Waals surface area contributed by atoms with E-state index < -0.39 is 0 Å². The summed E-state index contributed by atoms with van der Waals surface area (Å²) in [6.07, 6.45) is 0. The normalized spacial score (nSPS) is 13.1. The zero-order chi connectivity index (χ0) is 12.1.